The number of aromatic nitrogens is 2. The predicted molar refractivity (Wildman–Crippen MR) is 32.1 cm³/mol. The number of nitrogens with one attached hydrogen (secondary N) is 1. The Kier molecular flexibility index (Phi) is 1.77. The summed E-state index contributed by atoms with van der Waals surface area (Å²) in [6, 6.07) is 0. The van der Waals surface area contributed by atoms with Gasteiger partial charge in [0, 0.05) is 0 Å². The van der Waals surface area contributed by atoms with Crippen LogP contribution in [0, 0.1) is 12.7 Å². The average molecular weight is 143 g/mol. The van der Waals surface area contributed by atoms with Crippen molar-refractivity contribution in [3.63, 3.8) is 0 Å². The maximum absolute atomic E-state index is 12.7. The van der Waals surface area contributed by atoms with Gasteiger partial charge in [-0.2, -0.15) is 0 Å². The highest BCUT2D eigenvalue weighted by atomic mass is 19.1. The molecule has 1 rings (SSSR count). The Hall–Kier alpha value is -1.23. The molecule has 54 valence electrons. The van der Waals surface area contributed by atoms with Gasteiger partial charge in [-0.15, -0.1) is 0 Å². The summed E-state index contributed by atoms with van der Waals surface area (Å²) >= 11 is 0. The fraction of sp³-hybridized carbons (Fsp3) is 0.200. The number of rotatable bonds is 1. The second-order valence-electron chi connectivity index (χ2n) is 1.73. The van der Waals surface area contributed by atoms with E-state index in [2.05, 4.69) is 9.97 Å². The Balaban J connectivity index is 3.14. The Morgan fingerprint density at radius 3 is 2.80 bits per heavy atom. The number of halogens is 1. The third kappa shape index (κ3) is 1.03. The summed E-state index contributed by atoms with van der Waals surface area (Å²) < 4.78 is 12.7. The standard InChI is InChI=1S/C5H6FN3O/c1-3-4(6)5(9-10)8-2-7-3/h2,10H,1H3,(H,7,8,9). The smallest absolute Gasteiger partial charge is 0.189 e. The predicted octanol–water partition coefficient (Wildman–Crippen LogP) is 0.725. The molecule has 2 N–H and O–H groups in total. The number of aryl methyl sites for hydroxylation is 1. The summed E-state index contributed by atoms with van der Waals surface area (Å²) in [6.45, 7) is 1.48. The third-order valence-corrected chi connectivity index (χ3v) is 1.07. The van der Waals surface area contributed by atoms with Gasteiger partial charge in [-0.05, 0) is 6.92 Å². The molecule has 0 amide bonds. The quantitative estimate of drug-likeness (QED) is 0.569. The van der Waals surface area contributed by atoms with Gasteiger partial charge in [0.1, 0.15) is 6.33 Å². The molecule has 1 aromatic rings. The second kappa shape index (κ2) is 2.57. The van der Waals surface area contributed by atoms with Crippen LogP contribution in [-0.4, -0.2) is 15.2 Å². The first kappa shape index (κ1) is 6.88. The lowest BCUT2D eigenvalue weighted by atomic mass is 10.4. The maximum atomic E-state index is 12.7. The number of hydrogen-bond donors (Lipinski definition) is 2. The van der Waals surface area contributed by atoms with Gasteiger partial charge in [-0.25, -0.2) is 19.8 Å². The van der Waals surface area contributed by atoms with Crippen LogP contribution in [0.4, 0.5) is 10.2 Å². The molecule has 1 aromatic heterocycles. The van der Waals surface area contributed by atoms with Crippen molar-refractivity contribution < 1.29 is 9.60 Å². The molecule has 0 atom stereocenters. The van der Waals surface area contributed by atoms with Crippen LogP contribution in [0.1, 0.15) is 5.69 Å². The lowest BCUT2D eigenvalue weighted by molar-refractivity contribution is 0.379. The fourth-order valence-corrected chi connectivity index (χ4v) is 0.536. The molecule has 0 aliphatic heterocycles. The minimum Gasteiger partial charge on any atom is -0.290 e. The highest BCUT2D eigenvalue weighted by Gasteiger charge is 2.04. The van der Waals surface area contributed by atoms with Gasteiger partial charge < -0.3 is 0 Å². The van der Waals surface area contributed by atoms with Gasteiger partial charge in [0.15, 0.2) is 11.6 Å². The van der Waals surface area contributed by atoms with Crippen molar-refractivity contribution in [2.24, 2.45) is 0 Å². The SMILES string of the molecule is Cc1ncnc(NO)c1F. The molecular weight excluding hydrogens is 137 g/mol. The van der Waals surface area contributed by atoms with E-state index in [1.165, 1.54) is 6.92 Å². The molecule has 1 heterocycles. The van der Waals surface area contributed by atoms with E-state index < -0.39 is 5.82 Å². The lowest BCUT2D eigenvalue weighted by Crippen LogP contribution is -2.00. The van der Waals surface area contributed by atoms with E-state index in [4.69, 9.17) is 5.21 Å². The van der Waals surface area contributed by atoms with E-state index >= 15 is 0 Å². The monoisotopic (exact) mass is 143 g/mol. The minimum absolute atomic E-state index is 0.201. The summed E-state index contributed by atoms with van der Waals surface area (Å²) in [5.41, 5.74) is 1.81. The zero-order valence-corrected chi connectivity index (χ0v) is 5.30. The highest BCUT2D eigenvalue weighted by molar-refractivity contribution is 5.33. The molecule has 0 aliphatic rings. The van der Waals surface area contributed by atoms with Crippen molar-refractivity contribution in [3.05, 3.63) is 17.8 Å². The zero-order valence-electron chi connectivity index (χ0n) is 5.30. The molecule has 0 saturated carbocycles. The molecule has 0 saturated heterocycles. The van der Waals surface area contributed by atoms with Gasteiger partial charge in [0.25, 0.3) is 0 Å². The van der Waals surface area contributed by atoms with Crippen molar-refractivity contribution in [2.45, 2.75) is 6.92 Å². The zero-order chi connectivity index (χ0) is 7.56. The molecule has 0 fully saturated rings. The Labute approximate surface area is 56.7 Å². The molecule has 10 heavy (non-hydrogen) atoms. The maximum Gasteiger partial charge on any atom is 0.189 e. The van der Waals surface area contributed by atoms with E-state index in [0.717, 1.165) is 6.33 Å². The van der Waals surface area contributed by atoms with Crippen LogP contribution in [0.5, 0.6) is 0 Å². The topological polar surface area (TPSA) is 58.0 Å². The molecule has 0 bridgehead atoms. The van der Waals surface area contributed by atoms with Crippen molar-refractivity contribution in [1.82, 2.24) is 9.97 Å². The minimum atomic E-state index is -0.634. The summed E-state index contributed by atoms with van der Waals surface area (Å²) in [7, 11) is 0. The van der Waals surface area contributed by atoms with E-state index in [9.17, 15) is 4.39 Å². The molecule has 5 heteroatoms. The van der Waals surface area contributed by atoms with Crippen molar-refractivity contribution in [2.75, 3.05) is 5.48 Å². The normalized spacial score (nSPS) is 9.50. The first-order chi connectivity index (χ1) is 4.75. The molecule has 0 unspecified atom stereocenters. The van der Waals surface area contributed by atoms with Crippen LogP contribution in [0.15, 0.2) is 6.33 Å². The van der Waals surface area contributed by atoms with E-state index in [0.29, 0.717) is 0 Å². The molecule has 0 radical (unpaired) electrons. The Morgan fingerprint density at radius 2 is 2.30 bits per heavy atom. The van der Waals surface area contributed by atoms with E-state index in [1.54, 1.807) is 5.48 Å². The molecule has 0 spiro atoms. The molecule has 0 aliphatic carbocycles. The number of anilines is 1. The van der Waals surface area contributed by atoms with Gasteiger partial charge >= 0.3 is 0 Å². The Bertz CT molecular complexity index is 240. The summed E-state index contributed by atoms with van der Waals surface area (Å²) in [4.78, 5) is 6.96. The molecular formula is C5H6FN3O. The van der Waals surface area contributed by atoms with E-state index in [-0.39, 0.29) is 11.5 Å². The highest BCUT2D eigenvalue weighted by Crippen LogP contribution is 2.09. The molecule has 0 aromatic carbocycles. The largest absolute Gasteiger partial charge is 0.290 e. The number of hydrogen-bond acceptors (Lipinski definition) is 4. The van der Waals surface area contributed by atoms with Gasteiger partial charge in [-0.3, -0.25) is 5.21 Å². The average Bonchev–Trinajstić information content (AvgIpc) is 1.95. The van der Waals surface area contributed by atoms with Crippen LogP contribution in [0.25, 0.3) is 0 Å². The van der Waals surface area contributed by atoms with Gasteiger partial charge in [0.05, 0.1) is 5.69 Å². The third-order valence-electron chi connectivity index (χ3n) is 1.07. The Morgan fingerprint density at radius 1 is 1.60 bits per heavy atom. The fourth-order valence-electron chi connectivity index (χ4n) is 0.536. The van der Waals surface area contributed by atoms with Crippen LogP contribution in [0.3, 0.4) is 0 Å². The summed E-state index contributed by atoms with van der Waals surface area (Å²) in [5, 5.41) is 8.26. The van der Waals surface area contributed by atoms with Crippen molar-refractivity contribution >= 4 is 5.82 Å². The van der Waals surface area contributed by atoms with E-state index in [1.807, 2.05) is 0 Å². The van der Waals surface area contributed by atoms with Crippen LogP contribution in [-0.2, 0) is 0 Å². The van der Waals surface area contributed by atoms with Crippen molar-refractivity contribution in [3.8, 4) is 0 Å². The van der Waals surface area contributed by atoms with Crippen molar-refractivity contribution in [1.29, 1.82) is 0 Å². The first-order valence-corrected chi connectivity index (χ1v) is 2.63. The number of nitrogens with zero attached hydrogens (tertiary/aromatic N) is 2. The van der Waals surface area contributed by atoms with Crippen LogP contribution in [0.2, 0.25) is 0 Å². The lowest BCUT2D eigenvalue weighted by Gasteiger charge is -1.99. The summed E-state index contributed by atoms with van der Waals surface area (Å²) in [6.07, 6.45) is 1.16. The van der Waals surface area contributed by atoms with Crippen LogP contribution >= 0.6 is 0 Å². The first-order valence-electron chi connectivity index (χ1n) is 2.63. The van der Waals surface area contributed by atoms with Crippen LogP contribution < -0.4 is 5.48 Å². The van der Waals surface area contributed by atoms with Gasteiger partial charge in [0.2, 0.25) is 0 Å². The summed E-state index contributed by atoms with van der Waals surface area (Å²) in [5.74, 6) is -0.836. The van der Waals surface area contributed by atoms with Gasteiger partial charge in [-0.1, -0.05) is 0 Å². The molecule has 4 nitrogen and oxygen atoms in total. The second-order valence-corrected chi connectivity index (χ2v) is 1.73.